The molecule has 1 aliphatic heterocycles. The van der Waals surface area contributed by atoms with E-state index in [2.05, 4.69) is 27.3 Å². The largest absolute Gasteiger partial charge is 0.355 e. The Labute approximate surface area is 149 Å². The van der Waals surface area contributed by atoms with Crippen molar-refractivity contribution < 1.29 is 4.79 Å². The van der Waals surface area contributed by atoms with Gasteiger partial charge in [-0.25, -0.2) is 0 Å². The molecule has 0 saturated carbocycles. The van der Waals surface area contributed by atoms with Gasteiger partial charge in [0.1, 0.15) is 0 Å². The van der Waals surface area contributed by atoms with Crippen LogP contribution >= 0.6 is 0 Å². The Morgan fingerprint density at radius 3 is 2.68 bits per heavy atom. The zero-order valence-corrected chi connectivity index (χ0v) is 14.9. The van der Waals surface area contributed by atoms with Gasteiger partial charge in [0.05, 0.1) is 5.69 Å². The first kappa shape index (κ1) is 17.4. The van der Waals surface area contributed by atoms with Crippen LogP contribution in [0.5, 0.6) is 0 Å². The summed E-state index contributed by atoms with van der Waals surface area (Å²) in [4.78, 5) is 14.5. The van der Waals surface area contributed by atoms with Crippen LogP contribution < -0.4 is 10.2 Å². The summed E-state index contributed by atoms with van der Waals surface area (Å²) in [5.74, 6) is 0.908. The molecule has 0 spiro atoms. The molecule has 0 unspecified atom stereocenters. The third kappa shape index (κ3) is 4.56. The van der Waals surface area contributed by atoms with Crippen molar-refractivity contribution >= 4 is 11.7 Å². The number of hydrogen-bond donors (Lipinski definition) is 1. The number of anilines is 1. The fourth-order valence-corrected chi connectivity index (χ4v) is 3.09. The molecule has 5 nitrogen and oxygen atoms in total. The van der Waals surface area contributed by atoms with Gasteiger partial charge in [-0.05, 0) is 43.5 Å². The Morgan fingerprint density at radius 2 is 1.96 bits per heavy atom. The number of nitrogens with zero attached hydrogens (tertiary/aromatic N) is 3. The zero-order valence-electron chi connectivity index (χ0n) is 14.9. The highest BCUT2D eigenvalue weighted by Crippen LogP contribution is 2.21. The third-order valence-electron chi connectivity index (χ3n) is 4.57. The first-order valence-electron chi connectivity index (χ1n) is 9.25. The number of nitrogens with one attached hydrogen (secondary N) is 1. The van der Waals surface area contributed by atoms with Crippen LogP contribution in [0.2, 0.25) is 0 Å². The highest BCUT2D eigenvalue weighted by molar-refractivity contribution is 5.95. The maximum Gasteiger partial charge on any atom is 0.251 e. The lowest BCUT2D eigenvalue weighted by Gasteiger charge is -2.15. The van der Waals surface area contributed by atoms with Crippen LogP contribution in [0.3, 0.4) is 0 Å². The second kappa shape index (κ2) is 8.60. The van der Waals surface area contributed by atoms with Crippen molar-refractivity contribution in [2.24, 2.45) is 0 Å². The van der Waals surface area contributed by atoms with E-state index in [1.54, 1.807) is 0 Å². The van der Waals surface area contributed by atoms with E-state index < -0.39 is 0 Å². The van der Waals surface area contributed by atoms with E-state index in [0.717, 1.165) is 56.0 Å². The predicted molar refractivity (Wildman–Crippen MR) is 101 cm³/mol. The standard InChI is InChI=1S/C20H26N4O/c1-2-3-4-12-21-20(25)17-9-7-8-16(15-17)18-10-11-19(23-22-18)24-13-5-6-14-24/h7-11,15H,2-6,12-14H2,1H3,(H,21,25). The monoisotopic (exact) mass is 338 g/mol. The van der Waals surface area contributed by atoms with E-state index in [9.17, 15) is 4.79 Å². The van der Waals surface area contributed by atoms with Gasteiger partial charge >= 0.3 is 0 Å². The van der Waals surface area contributed by atoms with Gasteiger partial charge in [-0.3, -0.25) is 4.79 Å². The summed E-state index contributed by atoms with van der Waals surface area (Å²) in [5, 5.41) is 11.7. The number of unbranched alkanes of at least 4 members (excludes halogenated alkanes) is 2. The number of hydrogen-bond acceptors (Lipinski definition) is 4. The van der Waals surface area contributed by atoms with Crippen LogP contribution in [0.15, 0.2) is 36.4 Å². The maximum absolute atomic E-state index is 12.3. The van der Waals surface area contributed by atoms with Gasteiger partial charge in [-0.15, -0.1) is 10.2 Å². The molecule has 0 aliphatic carbocycles. The van der Waals surface area contributed by atoms with Crippen molar-refractivity contribution in [2.75, 3.05) is 24.5 Å². The molecule has 1 aromatic heterocycles. The third-order valence-corrected chi connectivity index (χ3v) is 4.57. The maximum atomic E-state index is 12.3. The summed E-state index contributed by atoms with van der Waals surface area (Å²) in [7, 11) is 0. The zero-order chi connectivity index (χ0) is 17.5. The molecule has 25 heavy (non-hydrogen) atoms. The molecule has 1 aromatic carbocycles. The quantitative estimate of drug-likeness (QED) is 0.783. The van der Waals surface area contributed by atoms with Crippen LogP contribution in [0, 0.1) is 0 Å². The van der Waals surface area contributed by atoms with E-state index in [1.165, 1.54) is 12.8 Å². The molecular formula is C20H26N4O. The van der Waals surface area contributed by atoms with Gasteiger partial charge in [-0.2, -0.15) is 0 Å². The van der Waals surface area contributed by atoms with Crippen molar-refractivity contribution in [2.45, 2.75) is 39.0 Å². The minimum atomic E-state index is -0.0281. The summed E-state index contributed by atoms with van der Waals surface area (Å²) < 4.78 is 0. The first-order valence-corrected chi connectivity index (χ1v) is 9.25. The average molecular weight is 338 g/mol. The lowest BCUT2D eigenvalue weighted by atomic mass is 10.1. The smallest absolute Gasteiger partial charge is 0.251 e. The van der Waals surface area contributed by atoms with Gasteiger partial charge < -0.3 is 10.2 Å². The van der Waals surface area contributed by atoms with Crippen molar-refractivity contribution in [1.82, 2.24) is 15.5 Å². The second-order valence-electron chi connectivity index (χ2n) is 6.51. The molecule has 2 heterocycles. The molecule has 5 heteroatoms. The molecule has 1 aliphatic rings. The molecule has 1 amide bonds. The summed E-state index contributed by atoms with van der Waals surface area (Å²) >= 11 is 0. The molecular weight excluding hydrogens is 312 g/mol. The van der Waals surface area contributed by atoms with Crippen LogP contribution in [0.1, 0.15) is 49.4 Å². The first-order chi connectivity index (χ1) is 12.3. The molecule has 0 bridgehead atoms. The Kier molecular flexibility index (Phi) is 5.99. The van der Waals surface area contributed by atoms with Crippen LogP contribution in [-0.2, 0) is 0 Å². The molecule has 1 fully saturated rings. The van der Waals surface area contributed by atoms with Gasteiger partial charge in [-0.1, -0.05) is 31.9 Å². The Morgan fingerprint density at radius 1 is 1.12 bits per heavy atom. The van der Waals surface area contributed by atoms with E-state index in [1.807, 2.05) is 36.4 Å². The van der Waals surface area contributed by atoms with Gasteiger partial charge in [0.25, 0.3) is 5.91 Å². The Balaban J connectivity index is 1.67. The molecule has 0 radical (unpaired) electrons. The lowest BCUT2D eigenvalue weighted by Crippen LogP contribution is -2.24. The molecule has 2 aromatic rings. The number of aromatic nitrogens is 2. The SMILES string of the molecule is CCCCCNC(=O)c1cccc(-c2ccc(N3CCCC3)nn2)c1. The summed E-state index contributed by atoms with van der Waals surface area (Å²) in [6, 6.07) is 11.6. The van der Waals surface area contributed by atoms with Crippen LogP contribution in [0.4, 0.5) is 5.82 Å². The highest BCUT2D eigenvalue weighted by atomic mass is 16.1. The second-order valence-corrected chi connectivity index (χ2v) is 6.51. The summed E-state index contributed by atoms with van der Waals surface area (Å²) in [6.07, 6.45) is 5.75. The number of carbonyl (C=O) groups is 1. The minimum absolute atomic E-state index is 0.0281. The molecule has 3 rings (SSSR count). The number of amides is 1. The van der Waals surface area contributed by atoms with Gasteiger partial charge in [0.2, 0.25) is 0 Å². The van der Waals surface area contributed by atoms with E-state index in [4.69, 9.17) is 0 Å². The van der Waals surface area contributed by atoms with E-state index in [0.29, 0.717) is 5.56 Å². The van der Waals surface area contributed by atoms with Gasteiger partial charge in [0.15, 0.2) is 5.82 Å². The molecule has 1 N–H and O–H groups in total. The fourth-order valence-electron chi connectivity index (χ4n) is 3.09. The summed E-state index contributed by atoms with van der Waals surface area (Å²) in [6.45, 7) is 4.99. The Hall–Kier alpha value is -2.43. The molecule has 132 valence electrons. The molecule has 0 atom stereocenters. The minimum Gasteiger partial charge on any atom is -0.355 e. The number of benzene rings is 1. The normalized spacial score (nSPS) is 13.9. The highest BCUT2D eigenvalue weighted by Gasteiger charge is 2.14. The van der Waals surface area contributed by atoms with Crippen molar-refractivity contribution in [3.8, 4) is 11.3 Å². The average Bonchev–Trinajstić information content (AvgIpc) is 3.20. The van der Waals surface area contributed by atoms with Crippen LogP contribution in [0.25, 0.3) is 11.3 Å². The van der Waals surface area contributed by atoms with Gasteiger partial charge in [0, 0.05) is 30.8 Å². The predicted octanol–water partition coefficient (Wildman–Crippen LogP) is 3.66. The topological polar surface area (TPSA) is 58.1 Å². The fraction of sp³-hybridized carbons (Fsp3) is 0.450. The Bertz CT molecular complexity index is 693. The number of carbonyl (C=O) groups excluding carboxylic acids is 1. The van der Waals surface area contributed by atoms with Crippen molar-refractivity contribution in [3.05, 3.63) is 42.0 Å². The summed E-state index contributed by atoms with van der Waals surface area (Å²) in [5.41, 5.74) is 2.38. The van der Waals surface area contributed by atoms with Crippen molar-refractivity contribution in [3.63, 3.8) is 0 Å². The van der Waals surface area contributed by atoms with E-state index >= 15 is 0 Å². The van der Waals surface area contributed by atoms with Crippen LogP contribution in [-0.4, -0.2) is 35.7 Å². The molecule has 1 saturated heterocycles. The lowest BCUT2D eigenvalue weighted by molar-refractivity contribution is 0.0953. The number of rotatable bonds is 7. The van der Waals surface area contributed by atoms with E-state index in [-0.39, 0.29) is 5.91 Å². The van der Waals surface area contributed by atoms with Crippen molar-refractivity contribution in [1.29, 1.82) is 0 Å².